The van der Waals surface area contributed by atoms with Gasteiger partial charge in [-0.3, -0.25) is 4.79 Å². The van der Waals surface area contributed by atoms with Crippen LogP contribution < -0.4 is 0 Å². The van der Waals surface area contributed by atoms with Crippen LogP contribution in [0, 0.1) is 5.92 Å². The first-order valence-electron chi connectivity index (χ1n) is 3.59. The van der Waals surface area contributed by atoms with E-state index in [2.05, 4.69) is 6.58 Å². The monoisotopic (exact) mass is 166 g/mol. The third-order valence-corrected chi connectivity index (χ3v) is 1.77. The van der Waals surface area contributed by atoms with Crippen LogP contribution in [-0.4, -0.2) is 16.2 Å². The van der Waals surface area contributed by atoms with Crippen LogP contribution in [0.4, 0.5) is 0 Å². The maximum Gasteiger partial charge on any atom is 0.304 e. The number of aliphatic carboxylic acids is 1. The van der Waals surface area contributed by atoms with E-state index in [-0.39, 0.29) is 18.1 Å². The summed E-state index contributed by atoms with van der Waals surface area (Å²) in [4.78, 5) is 10.3. The van der Waals surface area contributed by atoms with Gasteiger partial charge in [0.1, 0.15) is 5.76 Å². The molecule has 0 aromatic heterocycles. The maximum atomic E-state index is 10.3. The van der Waals surface area contributed by atoms with Gasteiger partial charge in [0.05, 0.1) is 6.42 Å². The summed E-state index contributed by atoms with van der Waals surface area (Å²) < 4.78 is 0. The van der Waals surface area contributed by atoms with Gasteiger partial charge in [-0.2, -0.15) is 0 Å². The zero-order valence-corrected chi connectivity index (χ0v) is 6.53. The van der Waals surface area contributed by atoms with E-state index in [1.165, 1.54) is 6.08 Å². The van der Waals surface area contributed by atoms with Crippen molar-refractivity contribution in [2.45, 2.75) is 6.42 Å². The largest absolute Gasteiger partial charge is 0.508 e. The van der Waals surface area contributed by atoms with Gasteiger partial charge in [0.15, 0.2) is 0 Å². The standard InChI is InChI=1S/C9H10O3/c1-6-7(5-9(11)12)3-2-4-8(6)10/h2-4,7,10H,1,5H2,(H,11,12). The van der Waals surface area contributed by atoms with Crippen molar-refractivity contribution in [1.29, 1.82) is 0 Å². The van der Waals surface area contributed by atoms with Crippen LogP contribution in [0.15, 0.2) is 36.1 Å². The van der Waals surface area contributed by atoms with Crippen molar-refractivity contribution in [2.75, 3.05) is 0 Å². The Balaban J connectivity index is 2.70. The van der Waals surface area contributed by atoms with Crippen molar-refractivity contribution >= 4 is 5.97 Å². The molecule has 1 atom stereocenters. The van der Waals surface area contributed by atoms with Gasteiger partial charge in [0, 0.05) is 5.92 Å². The fourth-order valence-electron chi connectivity index (χ4n) is 1.07. The van der Waals surface area contributed by atoms with Crippen LogP contribution in [0.1, 0.15) is 6.42 Å². The van der Waals surface area contributed by atoms with E-state index in [9.17, 15) is 9.90 Å². The summed E-state index contributed by atoms with van der Waals surface area (Å²) in [7, 11) is 0. The van der Waals surface area contributed by atoms with Crippen molar-refractivity contribution in [1.82, 2.24) is 0 Å². The second-order valence-electron chi connectivity index (χ2n) is 2.67. The molecule has 1 aliphatic rings. The lowest BCUT2D eigenvalue weighted by molar-refractivity contribution is -0.137. The van der Waals surface area contributed by atoms with Crippen LogP contribution in [0.2, 0.25) is 0 Å². The molecule has 3 heteroatoms. The first-order valence-corrected chi connectivity index (χ1v) is 3.59. The zero-order valence-electron chi connectivity index (χ0n) is 6.53. The second-order valence-corrected chi connectivity index (χ2v) is 2.67. The highest BCUT2D eigenvalue weighted by atomic mass is 16.4. The molecule has 0 spiro atoms. The molecule has 2 N–H and O–H groups in total. The third kappa shape index (κ3) is 1.75. The first kappa shape index (κ1) is 8.59. The summed E-state index contributed by atoms with van der Waals surface area (Å²) in [5, 5.41) is 17.7. The second kappa shape index (κ2) is 3.26. The summed E-state index contributed by atoms with van der Waals surface area (Å²) in [6.07, 6.45) is 4.84. The minimum Gasteiger partial charge on any atom is -0.508 e. The molecule has 1 rings (SSSR count). The smallest absolute Gasteiger partial charge is 0.304 e. The Morgan fingerprint density at radius 1 is 1.67 bits per heavy atom. The highest BCUT2D eigenvalue weighted by Crippen LogP contribution is 2.24. The summed E-state index contributed by atoms with van der Waals surface area (Å²) in [5.74, 6) is -1.09. The maximum absolute atomic E-state index is 10.3. The van der Waals surface area contributed by atoms with Crippen molar-refractivity contribution < 1.29 is 15.0 Å². The van der Waals surface area contributed by atoms with E-state index in [1.807, 2.05) is 0 Å². The molecule has 0 saturated carbocycles. The molecule has 0 saturated heterocycles. The molecular weight excluding hydrogens is 156 g/mol. The average Bonchev–Trinajstić information content (AvgIpc) is 1.98. The molecule has 0 radical (unpaired) electrons. The number of rotatable bonds is 2. The van der Waals surface area contributed by atoms with Gasteiger partial charge in [0.25, 0.3) is 0 Å². The molecule has 64 valence electrons. The Kier molecular flexibility index (Phi) is 2.33. The molecule has 3 nitrogen and oxygen atoms in total. The van der Waals surface area contributed by atoms with Crippen molar-refractivity contribution in [3.63, 3.8) is 0 Å². The molecule has 0 amide bonds. The quantitative estimate of drug-likeness (QED) is 0.655. The number of carboxylic acid groups (broad SMARTS) is 1. The van der Waals surface area contributed by atoms with Gasteiger partial charge in [-0.05, 0) is 11.6 Å². The van der Waals surface area contributed by atoms with Gasteiger partial charge in [-0.25, -0.2) is 0 Å². The lowest BCUT2D eigenvalue weighted by atomic mass is 9.91. The van der Waals surface area contributed by atoms with E-state index < -0.39 is 5.97 Å². The molecule has 1 unspecified atom stereocenters. The van der Waals surface area contributed by atoms with Gasteiger partial charge < -0.3 is 10.2 Å². The zero-order chi connectivity index (χ0) is 9.14. The highest BCUT2D eigenvalue weighted by molar-refractivity contribution is 5.68. The SMILES string of the molecule is C=C1C(O)=CC=CC1CC(=O)O. The number of hydrogen-bond acceptors (Lipinski definition) is 2. The fraction of sp³-hybridized carbons (Fsp3) is 0.222. The van der Waals surface area contributed by atoms with Crippen molar-refractivity contribution in [3.8, 4) is 0 Å². The minimum absolute atomic E-state index is 0.0206. The Labute approximate surface area is 70.3 Å². The summed E-state index contributed by atoms with van der Waals surface area (Å²) in [5.41, 5.74) is 0.472. The van der Waals surface area contributed by atoms with E-state index >= 15 is 0 Å². The molecule has 12 heavy (non-hydrogen) atoms. The number of carbonyl (C=O) groups is 1. The summed E-state index contributed by atoms with van der Waals surface area (Å²) in [6.45, 7) is 3.60. The topological polar surface area (TPSA) is 57.5 Å². The Bertz CT molecular complexity index is 273. The van der Waals surface area contributed by atoms with Crippen molar-refractivity contribution in [2.24, 2.45) is 5.92 Å². The number of allylic oxidation sites excluding steroid dienone is 4. The van der Waals surface area contributed by atoms with Crippen LogP contribution in [0.5, 0.6) is 0 Å². The minimum atomic E-state index is -0.888. The van der Waals surface area contributed by atoms with E-state index in [4.69, 9.17) is 5.11 Å². The molecule has 0 aromatic carbocycles. The van der Waals surface area contributed by atoms with Crippen LogP contribution in [-0.2, 0) is 4.79 Å². The molecule has 0 aromatic rings. The third-order valence-electron chi connectivity index (χ3n) is 1.77. The molecule has 0 heterocycles. The Morgan fingerprint density at radius 3 is 2.92 bits per heavy atom. The van der Waals surface area contributed by atoms with Gasteiger partial charge >= 0.3 is 5.97 Å². The first-order chi connectivity index (χ1) is 5.61. The highest BCUT2D eigenvalue weighted by Gasteiger charge is 2.18. The molecule has 0 fully saturated rings. The Hall–Kier alpha value is -1.51. The summed E-state index contributed by atoms with van der Waals surface area (Å²) in [6, 6.07) is 0. The molecule has 0 aliphatic heterocycles. The summed E-state index contributed by atoms with van der Waals surface area (Å²) >= 11 is 0. The number of aliphatic hydroxyl groups is 1. The Morgan fingerprint density at radius 2 is 2.33 bits per heavy atom. The van der Waals surface area contributed by atoms with Crippen molar-refractivity contribution in [3.05, 3.63) is 36.1 Å². The van der Waals surface area contributed by atoms with Crippen LogP contribution in [0.25, 0.3) is 0 Å². The molecule has 1 aliphatic carbocycles. The lowest BCUT2D eigenvalue weighted by Crippen LogP contribution is -2.10. The molecular formula is C9H10O3. The van der Waals surface area contributed by atoms with E-state index in [0.717, 1.165) is 0 Å². The predicted molar refractivity (Wildman–Crippen MR) is 44.7 cm³/mol. The predicted octanol–water partition coefficient (Wildman–Crippen LogP) is 1.65. The number of carboxylic acids is 1. The number of hydrogen-bond donors (Lipinski definition) is 2. The van der Waals surface area contributed by atoms with Gasteiger partial charge in [-0.1, -0.05) is 18.7 Å². The normalized spacial score (nSPS) is 22.2. The van der Waals surface area contributed by atoms with Crippen LogP contribution >= 0.6 is 0 Å². The van der Waals surface area contributed by atoms with E-state index in [1.54, 1.807) is 12.2 Å². The average molecular weight is 166 g/mol. The molecule has 0 bridgehead atoms. The van der Waals surface area contributed by atoms with Crippen LogP contribution in [0.3, 0.4) is 0 Å². The van der Waals surface area contributed by atoms with E-state index in [0.29, 0.717) is 5.57 Å². The fourth-order valence-corrected chi connectivity index (χ4v) is 1.07. The van der Waals surface area contributed by atoms with Gasteiger partial charge in [-0.15, -0.1) is 0 Å². The number of aliphatic hydroxyl groups excluding tert-OH is 1. The lowest BCUT2D eigenvalue weighted by Gasteiger charge is -2.15. The van der Waals surface area contributed by atoms with Gasteiger partial charge in [0.2, 0.25) is 0 Å².